The molecule has 0 aliphatic carbocycles. The van der Waals surface area contributed by atoms with Crippen molar-refractivity contribution in [3.63, 3.8) is 0 Å². The van der Waals surface area contributed by atoms with E-state index in [1.54, 1.807) is 4.68 Å². The van der Waals surface area contributed by atoms with Crippen molar-refractivity contribution in [2.45, 2.75) is 31.7 Å². The van der Waals surface area contributed by atoms with E-state index in [9.17, 15) is 4.79 Å². The standard InChI is InChI=1S/C12H20N4O/c1-16-9-10(8-15-16)5-7-14-12(17)11-4-2-3-6-13-11/h8-9,11,13H,2-7H2,1H3,(H,14,17)/t11-/m1/s1. The summed E-state index contributed by atoms with van der Waals surface area (Å²) >= 11 is 0. The molecular formula is C12H20N4O. The molecule has 0 spiro atoms. The summed E-state index contributed by atoms with van der Waals surface area (Å²) < 4.78 is 1.78. The zero-order valence-corrected chi connectivity index (χ0v) is 10.3. The zero-order valence-electron chi connectivity index (χ0n) is 10.3. The second-order valence-corrected chi connectivity index (χ2v) is 4.57. The van der Waals surface area contributed by atoms with E-state index >= 15 is 0 Å². The number of piperidine rings is 1. The minimum absolute atomic E-state index is 0.0117. The average molecular weight is 236 g/mol. The first kappa shape index (κ1) is 12.1. The van der Waals surface area contributed by atoms with Crippen LogP contribution in [0.3, 0.4) is 0 Å². The van der Waals surface area contributed by atoms with E-state index in [1.165, 1.54) is 6.42 Å². The molecule has 1 aromatic heterocycles. The second-order valence-electron chi connectivity index (χ2n) is 4.57. The second kappa shape index (κ2) is 5.82. The Morgan fingerprint density at radius 1 is 1.65 bits per heavy atom. The maximum Gasteiger partial charge on any atom is 0.237 e. The van der Waals surface area contributed by atoms with Crippen molar-refractivity contribution in [2.24, 2.45) is 7.05 Å². The molecule has 5 heteroatoms. The quantitative estimate of drug-likeness (QED) is 0.786. The summed E-state index contributed by atoms with van der Waals surface area (Å²) in [6.07, 6.45) is 7.94. The molecule has 2 heterocycles. The van der Waals surface area contributed by atoms with E-state index < -0.39 is 0 Å². The third-order valence-corrected chi connectivity index (χ3v) is 3.10. The Balaban J connectivity index is 1.69. The van der Waals surface area contributed by atoms with Crippen LogP contribution < -0.4 is 10.6 Å². The highest BCUT2D eigenvalue weighted by atomic mass is 16.2. The first-order valence-electron chi connectivity index (χ1n) is 6.24. The molecule has 5 nitrogen and oxygen atoms in total. The lowest BCUT2D eigenvalue weighted by molar-refractivity contribution is -0.123. The van der Waals surface area contributed by atoms with Crippen molar-refractivity contribution in [2.75, 3.05) is 13.1 Å². The van der Waals surface area contributed by atoms with Crippen molar-refractivity contribution in [1.29, 1.82) is 0 Å². The molecule has 2 rings (SSSR count). The Bertz CT molecular complexity index is 368. The highest BCUT2D eigenvalue weighted by Gasteiger charge is 2.19. The van der Waals surface area contributed by atoms with E-state index in [0.717, 1.165) is 31.4 Å². The molecule has 1 atom stereocenters. The Kier molecular flexibility index (Phi) is 4.14. The molecule has 0 saturated carbocycles. The number of carbonyl (C=O) groups excluding carboxylic acids is 1. The van der Waals surface area contributed by atoms with Gasteiger partial charge in [-0.1, -0.05) is 6.42 Å². The summed E-state index contributed by atoms with van der Waals surface area (Å²) in [6.45, 7) is 1.64. The fourth-order valence-corrected chi connectivity index (χ4v) is 2.13. The number of carbonyl (C=O) groups is 1. The predicted molar refractivity (Wildman–Crippen MR) is 65.6 cm³/mol. The number of hydrogen-bond donors (Lipinski definition) is 2. The highest BCUT2D eigenvalue weighted by molar-refractivity contribution is 5.81. The molecular weight excluding hydrogens is 216 g/mol. The molecule has 0 radical (unpaired) electrons. The van der Waals surface area contributed by atoms with Gasteiger partial charge in [-0.15, -0.1) is 0 Å². The Morgan fingerprint density at radius 2 is 2.53 bits per heavy atom. The van der Waals surface area contributed by atoms with Crippen molar-refractivity contribution >= 4 is 5.91 Å². The van der Waals surface area contributed by atoms with Gasteiger partial charge in [0.1, 0.15) is 0 Å². The van der Waals surface area contributed by atoms with Gasteiger partial charge >= 0.3 is 0 Å². The van der Waals surface area contributed by atoms with Gasteiger partial charge in [-0.05, 0) is 31.4 Å². The predicted octanol–water partition coefficient (Wildman–Crippen LogP) is 0.221. The lowest BCUT2D eigenvalue weighted by Crippen LogP contribution is -2.47. The molecule has 17 heavy (non-hydrogen) atoms. The van der Waals surface area contributed by atoms with E-state index in [2.05, 4.69) is 15.7 Å². The smallest absolute Gasteiger partial charge is 0.237 e. The van der Waals surface area contributed by atoms with Gasteiger partial charge in [-0.25, -0.2) is 0 Å². The van der Waals surface area contributed by atoms with Crippen LogP contribution in [0.2, 0.25) is 0 Å². The van der Waals surface area contributed by atoms with E-state index in [4.69, 9.17) is 0 Å². The van der Waals surface area contributed by atoms with Crippen LogP contribution in [0.15, 0.2) is 12.4 Å². The summed E-state index contributed by atoms with van der Waals surface area (Å²) in [6, 6.07) is 0.0117. The fraction of sp³-hybridized carbons (Fsp3) is 0.667. The summed E-state index contributed by atoms with van der Waals surface area (Å²) in [5, 5.41) is 10.3. The number of rotatable bonds is 4. The van der Waals surface area contributed by atoms with Crippen LogP contribution in [0, 0.1) is 0 Å². The molecule has 1 aliphatic heterocycles. The van der Waals surface area contributed by atoms with Crippen molar-refractivity contribution < 1.29 is 4.79 Å². The number of aromatic nitrogens is 2. The summed E-state index contributed by atoms with van der Waals surface area (Å²) in [5.74, 6) is 0.133. The van der Waals surface area contributed by atoms with E-state index in [0.29, 0.717) is 6.54 Å². The molecule has 0 unspecified atom stereocenters. The maximum absolute atomic E-state index is 11.8. The lowest BCUT2D eigenvalue weighted by atomic mass is 10.0. The molecule has 0 bridgehead atoms. The monoisotopic (exact) mass is 236 g/mol. The minimum atomic E-state index is 0.0117. The van der Waals surface area contributed by atoms with Crippen LogP contribution in [0.25, 0.3) is 0 Å². The van der Waals surface area contributed by atoms with Gasteiger partial charge in [0, 0.05) is 19.8 Å². The highest BCUT2D eigenvalue weighted by Crippen LogP contribution is 2.06. The van der Waals surface area contributed by atoms with Gasteiger partial charge in [-0.2, -0.15) is 5.10 Å². The van der Waals surface area contributed by atoms with E-state index in [-0.39, 0.29) is 11.9 Å². The van der Waals surface area contributed by atoms with Crippen molar-refractivity contribution in [3.8, 4) is 0 Å². The van der Waals surface area contributed by atoms with Gasteiger partial charge in [0.05, 0.1) is 12.2 Å². The first-order valence-corrected chi connectivity index (χ1v) is 6.24. The van der Waals surface area contributed by atoms with Crippen LogP contribution in [-0.2, 0) is 18.3 Å². The molecule has 94 valence electrons. The number of nitrogens with zero attached hydrogens (tertiary/aromatic N) is 2. The van der Waals surface area contributed by atoms with Gasteiger partial charge < -0.3 is 10.6 Å². The van der Waals surface area contributed by atoms with Crippen LogP contribution in [0.1, 0.15) is 24.8 Å². The largest absolute Gasteiger partial charge is 0.354 e. The molecule has 1 aliphatic rings. The van der Waals surface area contributed by atoms with Crippen molar-refractivity contribution in [3.05, 3.63) is 18.0 Å². The number of amides is 1. The Morgan fingerprint density at radius 3 is 3.18 bits per heavy atom. The third-order valence-electron chi connectivity index (χ3n) is 3.10. The Labute approximate surface area is 102 Å². The molecule has 1 saturated heterocycles. The van der Waals surface area contributed by atoms with Crippen LogP contribution in [0.5, 0.6) is 0 Å². The topological polar surface area (TPSA) is 59.0 Å². The zero-order chi connectivity index (χ0) is 12.1. The first-order chi connectivity index (χ1) is 8.25. The lowest BCUT2D eigenvalue weighted by Gasteiger charge is -2.22. The number of aryl methyl sites for hydroxylation is 1. The molecule has 2 N–H and O–H groups in total. The molecule has 1 fully saturated rings. The van der Waals surface area contributed by atoms with Gasteiger partial charge in [0.15, 0.2) is 0 Å². The van der Waals surface area contributed by atoms with Crippen LogP contribution in [0.4, 0.5) is 0 Å². The third kappa shape index (κ3) is 3.56. The molecule has 0 aromatic carbocycles. The molecule has 1 aromatic rings. The summed E-state index contributed by atoms with van der Waals surface area (Å²) in [4.78, 5) is 11.8. The summed E-state index contributed by atoms with van der Waals surface area (Å²) in [5.41, 5.74) is 1.16. The number of nitrogens with one attached hydrogen (secondary N) is 2. The number of hydrogen-bond acceptors (Lipinski definition) is 3. The van der Waals surface area contributed by atoms with E-state index in [1.807, 2.05) is 19.4 Å². The molecule has 1 amide bonds. The van der Waals surface area contributed by atoms with Crippen LogP contribution in [-0.4, -0.2) is 34.8 Å². The SMILES string of the molecule is Cn1cc(CCNC(=O)[C@H]2CCCCN2)cn1. The Hall–Kier alpha value is -1.36. The summed E-state index contributed by atoms with van der Waals surface area (Å²) in [7, 11) is 1.90. The van der Waals surface area contributed by atoms with Gasteiger partial charge in [-0.3, -0.25) is 9.48 Å². The van der Waals surface area contributed by atoms with Gasteiger partial charge in [0.25, 0.3) is 0 Å². The van der Waals surface area contributed by atoms with Gasteiger partial charge in [0.2, 0.25) is 5.91 Å². The van der Waals surface area contributed by atoms with Crippen molar-refractivity contribution in [1.82, 2.24) is 20.4 Å². The average Bonchev–Trinajstić information content (AvgIpc) is 2.76. The maximum atomic E-state index is 11.8. The minimum Gasteiger partial charge on any atom is -0.354 e. The normalized spacial score (nSPS) is 20.2. The van der Waals surface area contributed by atoms with Crippen LogP contribution >= 0.6 is 0 Å². The fourth-order valence-electron chi connectivity index (χ4n) is 2.13.